The van der Waals surface area contributed by atoms with Crippen LogP contribution in [0.4, 0.5) is 5.82 Å². The van der Waals surface area contributed by atoms with E-state index >= 15 is 0 Å². The molecule has 1 aliphatic heterocycles. The molecule has 0 aliphatic carbocycles. The Kier molecular flexibility index (Phi) is 5.74. The number of aromatic nitrogens is 2. The normalized spacial score (nSPS) is 18.1. The van der Waals surface area contributed by atoms with E-state index in [4.69, 9.17) is 5.11 Å². The predicted octanol–water partition coefficient (Wildman–Crippen LogP) is 2.64. The molecule has 0 radical (unpaired) electrons. The number of hydrogen-bond donors (Lipinski definition) is 3. The standard InChI is InChI=1S/C20H28N4O2/c1-13-9-14(2)19(18(26)10-13)17-11-15(3)20(23-22-17)21-16-5-4-6-24(12-16)7-8-25/h9-11,16,25-26H,4-8,12H2,1-3H3,(H,21,23)/t16-/m1/s1. The van der Waals surface area contributed by atoms with E-state index < -0.39 is 0 Å². The summed E-state index contributed by atoms with van der Waals surface area (Å²) in [5.74, 6) is 1.03. The summed E-state index contributed by atoms with van der Waals surface area (Å²) in [6.45, 7) is 8.80. The van der Waals surface area contributed by atoms with Crippen LogP contribution >= 0.6 is 0 Å². The Labute approximate surface area is 154 Å². The molecule has 6 nitrogen and oxygen atoms in total. The van der Waals surface area contributed by atoms with Gasteiger partial charge in [0, 0.05) is 24.7 Å². The van der Waals surface area contributed by atoms with E-state index in [9.17, 15) is 5.11 Å². The first kappa shape index (κ1) is 18.6. The van der Waals surface area contributed by atoms with Gasteiger partial charge in [-0.05, 0) is 69.0 Å². The number of hydrogen-bond acceptors (Lipinski definition) is 6. The van der Waals surface area contributed by atoms with Gasteiger partial charge in [0.05, 0.1) is 12.3 Å². The largest absolute Gasteiger partial charge is 0.507 e. The first-order chi connectivity index (χ1) is 12.5. The van der Waals surface area contributed by atoms with Gasteiger partial charge in [0.15, 0.2) is 5.82 Å². The molecular formula is C20H28N4O2. The molecule has 0 unspecified atom stereocenters. The number of aliphatic hydroxyl groups is 1. The number of nitrogens with one attached hydrogen (secondary N) is 1. The van der Waals surface area contributed by atoms with Crippen molar-refractivity contribution in [3.63, 3.8) is 0 Å². The number of aryl methyl sites for hydroxylation is 3. The number of aromatic hydroxyl groups is 1. The lowest BCUT2D eigenvalue weighted by Gasteiger charge is -2.33. The number of anilines is 1. The zero-order valence-electron chi connectivity index (χ0n) is 15.8. The summed E-state index contributed by atoms with van der Waals surface area (Å²) in [6.07, 6.45) is 2.20. The molecule has 0 saturated carbocycles. The van der Waals surface area contributed by atoms with E-state index in [-0.39, 0.29) is 12.4 Å². The van der Waals surface area contributed by atoms with Crippen LogP contribution in [0.25, 0.3) is 11.3 Å². The van der Waals surface area contributed by atoms with Gasteiger partial charge in [0.1, 0.15) is 5.75 Å². The van der Waals surface area contributed by atoms with Crippen LogP contribution in [0.15, 0.2) is 18.2 Å². The molecule has 0 spiro atoms. The van der Waals surface area contributed by atoms with Crippen molar-refractivity contribution in [1.29, 1.82) is 0 Å². The van der Waals surface area contributed by atoms with Crippen molar-refractivity contribution in [3.8, 4) is 17.0 Å². The molecule has 1 aliphatic rings. The van der Waals surface area contributed by atoms with Crippen molar-refractivity contribution in [1.82, 2.24) is 15.1 Å². The molecule has 3 N–H and O–H groups in total. The minimum atomic E-state index is 0.194. The molecule has 3 rings (SSSR count). The molecule has 1 fully saturated rings. The monoisotopic (exact) mass is 356 g/mol. The maximum absolute atomic E-state index is 10.3. The predicted molar refractivity (Wildman–Crippen MR) is 104 cm³/mol. The van der Waals surface area contributed by atoms with Crippen molar-refractivity contribution in [3.05, 3.63) is 34.9 Å². The molecule has 0 amide bonds. The molecule has 140 valence electrons. The second-order valence-corrected chi connectivity index (χ2v) is 7.24. The molecule has 2 aromatic rings. The highest BCUT2D eigenvalue weighted by Gasteiger charge is 2.21. The number of β-amino-alcohol motifs (C(OH)–C–C–N with tert-alkyl or cyclic N) is 1. The van der Waals surface area contributed by atoms with Gasteiger partial charge in [-0.3, -0.25) is 4.90 Å². The highest BCUT2D eigenvalue weighted by atomic mass is 16.3. The van der Waals surface area contributed by atoms with E-state index in [1.54, 1.807) is 6.07 Å². The summed E-state index contributed by atoms with van der Waals surface area (Å²) < 4.78 is 0. The van der Waals surface area contributed by atoms with Crippen molar-refractivity contribution in [2.45, 2.75) is 39.7 Å². The maximum Gasteiger partial charge on any atom is 0.151 e. The minimum absolute atomic E-state index is 0.194. The summed E-state index contributed by atoms with van der Waals surface area (Å²) in [4.78, 5) is 2.27. The van der Waals surface area contributed by atoms with Gasteiger partial charge in [-0.1, -0.05) is 6.07 Å². The summed E-state index contributed by atoms with van der Waals surface area (Å²) >= 11 is 0. The Hall–Kier alpha value is -2.18. The van der Waals surface area contributed by atoms with Gasteiger partial charge in [0.25, 0.3) is 0 Å². The number of phenols is 1. The first-order valence-electron chi connectivity index (χ1n) is 9.22. The minimum Gasteiger partial charge on any atom is -0.507 e. The first-order valence-corrected chi connectivity index (χ1v) is 9.22. The van der Waals surface area contributed by atoms with Crippen molar-refractivity contribution in [2.75, 3.05) is 31.6 Å². The van der Waals surface area contributed by atoms with E-state index in [2.05, 4.69) is 20.4 Å². The smallest absolute Gasteiger partial charge is 0.151 e. The highest BCUT2D eigenvalue weighted by molar-refractivity contribution is 5.72. The Morgan fingerprint density at radius 3 is 2.65 bits per heavy atom. The van der Waals surface area contributed by atoms with E-state index in [1.807, 2.05) is 32.9 Å². The third-order valence-corrected chi connectivity index (χ3v) is 4.96. The second-order valence-electron chi connectivity index (χ2n) is 7.24. The van der Waals surface area contributed by atoms with Crippen molar-refractivity contribution in [2.24, 2.45) is 0 Å². The average Bonchev–Trinajstić information content (AvgIpc) is 2.57. The van der Waals surface area contributed by atoms with Crippen LogP contribution in [0.5, 0.6) is 5.75 Å². The van der Waals surface area contributed by atoms with Gasteiger partial charge < -0.3 is 15.5 Å². The number of piperidine rings is 1. The summed E-state index contributed by atoms with van der Waals surface area (Å²) in [7, 11) is 0. The molecule has 1 saturated heterocycles. The van der Waals surface area contributed by atoms with Crippen LogP contribution in [-0.4, -0.2) is 57.6 Å². The molecule has 1 atom stereocenters. The van der Waals surface area contributed by atoms with Crippen LogP contribution in [0, 0.1) is 20.8 Å². The Morgan fingerprint density at radius 1 is 1.15 bits per heavy atom. The topological polar surface area (TPSA) is 81.5 Å². The third-order valence-electron chi connectivity index (χ3n) is 4.96. The van der Waals surface area contributed by atoms with E-state index in [0.29, 0.717) is 18.3 Å². The molecule has 2 heterocycles. The van der Waals surface area contributed by atoms with Gasteiger partial charge in [-0.25, -0.2) is 0 Å². The van der Waals surface area contributed by atoms with Gasteiger partial charge in [-0.15, -0.1) is 10.2 Å². The summed E-state index contributed by atoms with van der Waals surface area (Å²) in [5, 5.41) is 31.7. The van der Waals surface area contributed by atoms with Gasteiger partial charge >= 0.3 is 0 Å². The number of likely N-dealkylation sites (tertiary alicyclic amines) is 1. The van der Waals surface area contributed by atoms with Crippen LogP contribution in [0.2, 0.25) is 0 Å². The molecule has 1 aromatic carbocycles. The number of aliphatic hydroxyl groups excluding tert-OH is 1. The fourth-order valence-corrected chi connectivity index (χ4v) is 3.74. The van der Waals surface area contributed by atoms with Crippen molar-refractivity contribution < 1.29 is 10.2 Å². The lowest BCUT2D eigenvalue weighted by atomic mass is 10.0. The summed E-state index contributed by atoms with van der Waals surface area (Å²) in [6, 6.07) is 6.07. The molecule has 0 bridgehead atoms. The number of phenolic OH excluding ortho intramolecular Hbond substituents is 1. The molecule has 1 aromatic heterocycles. The highest BCUT2D eigenvalue weighted by Crippen LogP contribution is 2.33. The van der Waals surface area contributed by atoms with Gasteiger partial charge in [0.2, 0.25) is 0 Å². The zero-order chi connectivity index (χ0) is 18.7. The SMILES string of the molecule is Cc1cc(C)c(-c2cc(C)c(N[C@@H]3CCCN(CCO)C3)nn2)c(O)c1. The van der Waals surface area contributed by atoms with Crippen LogP contribution in [0.3, 0.4) is 0 Å². The van der Waals surface area contributed by atoms with Gasteiger partial charge in [-0.2, -0.15) is 0 Å². The summed E-state index contributed by atoms with van der Waals surface area (Å²) in [5.41, 5.74) is 4.45. The fourth-order valence-electron chi connectivity index (χ4n) is 3.74. The Balaban J connectivity index is 1.78. The zero-order valence-corrected chi connectivity index (χ0v) is 15.8. The maximum atomic E-state index is 10.3. The van der Waals surface area contributed by atoms with E-state index in [1.165, 1.54) is 0 Å². The van der Waals surface area contributed by atoms with Crippen molar-refractivity contribution >= 4 is 5.82 Å². The molecule has 26 heavy (non-hydrogen) atoms. The number of rotatable bonds is 5. The fraction of sp³-hybridized carbons (Fsp3) is 0.500. The third kappa shape index (κ3) is 4.14. The Bertz CT molecular complexity index is 753. The second kappa shape index (κ2) is 8.01. The molecular weight excluding hydrogens is 328 g/mol. The van der Waals surface area contributed by atoms with Crippen LogP contribution in [-0.2, 0) is 0 Å². The quantitative estimate of drug-likeness (QED) is 0.764. The van der Waals surface area contributed by atoms with Crippen LogP contribution < -0.4 is 5.32 Å². The lowest BCUT2D eigenvalue weighted by Crippen LogP contribution is -2.43. The number of nitrogens with zero attached hydrogens (tertiary/aromatic N) is 3. The number of benzene rings is 1. The Morgan fingerprint density at radius 2 is 1.96 bits per heavy atom. The van der Waals surface area contributed by atoms with E-state index in [0.717, 1.165) is 54.0 Å². The lowest BCUT2D eigenvalue weighted by molar-refractivity contribution is 0.166. The molecule has 6 heteroatoms. The average molecular weight is 356 g/mol. The van der Waals surface area contributed by atoms with Crippen LogP contribution in [0.1, 0.15) is 29.5 Å².